The number of carboxylic acid groups (broad SMARTS) is 1. The van der Waals surface area contributed by atoms with Crippen molar-refractivity contribution in [3.8, 4) is 0 Å². The molecule has 1 aliphatic carbocycles. The van der Waals surface area contributed by atoms with Crippen LogP contribution < -0.4 is 5.32 Å². The Bertz CT molecular complexity index is 461. The summed E-state index contributed by atoms with van der Waals surface area (Å²) in [5, 5.41) is 12.8. The smallest absolute Gasteiger partial charge is 0.307 e. The van der Waals surface area contributed by atoms with Crippen molar-refractivity contribution in [2.24, 2.45) is 11.8 Å². The predicted octanol–water partition coefficient (Wildman–Crippen LogP) is 3.44. The number of carboxylic acids is 1. The van der Waals surface area contributed by atoms with Crippen molar-refractivity contribution in [1.29, 1.82) is 0 Å². The zero-order valence-corrected chi connectivity index (χ0v) is 13.7. The van der Waals surface area contributed by atoms with Crippen LogP contribution in [0.25, 0.3) is 0 Å². The van der Waals surface area contributed by atoms with Crippen LogP contribution in [0.2, 0.25) is 0 Å². The molecule has 2 N–H and O–H groups in total. The van der Waals surface area contributed by atoms with E-state index in [2.05, 4.69) is 30.2 Å². The molecule has 0 spiro atoms. The Balaban J connectivity index is 1.86. The molecule has 1 aliphatic rings. The van der Waals surface area contributed by atoms with E-state index in [1.165, 1.54) is 18.4 Å². The van der Waals surface area contributed by atoms with E-state index in [9.17, 15) is 9.90 Å². The SMILES string of the molecule is CC(C)CC(CNC1CCCC(c2cccnc2)C1)C(=O)O. The first-order chi connectivity index (χ1) is 10.6. The molecule has 0 aromatic carbocycles. The Morgan fingerprint density at radius 3 is 2.91 bits per heavy atom. The van der Waals surface area contributed by atoms with Crippen molar-refractivity contribution in [3.05, 3.63) is 30.1 Å². The molecule has 0 saturated heterocycles. The topological polar surface area (TPSA) is 62.2 Å². The Hall–Kier alpha value is -1.42. The number of hydrogen-bond acceptors (Lipinski definition) is 3. The Labute approximate surface area is 133 Å². The summed E-state index contributed by atoms with van der Waals surface area (Å²) in [4.78, 5) is 15.6. The van der Waals surface area contributed by atoms with Crippen molar-refractivity contribution in [3.63, 3.8) is 0 Å². The quantitative estimate of drug-likeness (QED) is 0.810. The fourth-order valence-electron chi connectivity index (χ4n) is 3.44. The zero-order chi connectivity index (χ0) is 15.9. The third kappa shape index (κ3) is 5.09. The molecule has 0 bridgehead atoms. The highest BCUT2D eigenvalue weighted by Gasteiger charge is 2.25. The molecule has 122 valence electrons. The summed E-state index contributed by atoms with van der Waals surface area (Å²) in [5.41, 5.74) is 1.31. The highest BCUT2D eigenvalue weighted by atomic mass is 16.4. The highest BCUT2D eigenvalue weighted by Crippen LogP contribution is 2.32. The summed E-state index contributed by atoms with van der Waals surface area (Å²) in [6.45, 7) is 4.74. The lowest BCUT2D eigenvalue weighted by atomic mass is 9.81. The molecule has 1 aromatic heterocycles. The Morgan fingerprint density at radius 1 is 1.45 bits per heavy atom. The summed E-state index contributed by atoms with van der Waals surface area (Å²) in [5.74, 6) is 0.00492. The third-order valence-corrected chi connectivity index (χ3v) is 4.59. The minimum absolute atomic E-state index is 0.279. The van der Waals surface area contributed by atoms with Crippen LogP contribution in [0.1, 0.15) is 57.4 Å². The molecule has 22 heavy (non-hydrogen) atoms. The molecule has 4 heteroatoms. The van der Waals surface area contributed by atoms with Crippen molar-refractivity contribution >= 4 is 5.97 Å². The molecule has 4 nitrogen and oxygen atoms in total. The van der Waals surface area contributed by atoms with Crippen LogP contribution in [0.4, 0.5) is 0 Å². The summed E-state index contributed by atoms with van der Waals surface area (Å²) in [6, 6.07) is 4.57. The monoisotopic (exact) mass is 304 g/mol. The van der Waals surface area contributed by atoms with Crippen LogP contribution in [0.5, 0.6) is 0 Å². The van der Waals surface area contributed by atoms with Gasteiger partial charge in [-0.2, -0.15) is 0 Å². The van der Waals surface area contributed by atoms with Gasteiger partial charge in [-0.25, -0.2) is 0 Å². The third-order valence-electron chi connectivity index (χ3n) is 4.59. The van der Waals surface area contributed by atoms with Crippen LogP contribution in [0, 0.1) is 11.8 Å². The predicted molar refractivity (Wildman–Crippen MR) is 87.8 cm³/mol. The van der Waals surface area contributed by atoms with E-state index in [0.717, 1.165) is 19.3 Å². The average Bonchev–Trinajstić information content (AvgIpc) is 2.52. The summed E-state index contributed by atoms with van der Waals surface area (Å²) >= 11 is 0. The Morgan fingerprint density at radius 2 is 2.27 bits per heavy atom. The molecular formula is C18H28N2O2. The molecule has 2 rings (SSSR count). The van der Waals surface area contributed by atoms with Crippen LogP contribution in [-0.4, -0.2) is 28.6 Å². The van der Waals surface area contributed by atoms with Gasteiger partial charge in [0.2, 0.25) is 0 Å². The second-order valence-corrected chi connectivity index (χ2v) is 6.92. The number of aromatic nitrogens is 1. The molecule has 0 radical (unpaired) electrons. The normalized spacial score (nSPS) is 23.4. The van der Waals surface area contributed by atoms with E-state index in [4.69, 9.17) is 0 Å². The number of nitrogens with zero attached hydrogens (tertiary/aromatic N) is 1. The molecule has 1 fully saturated rings. The number of pyridine rings is 1. The maximum absolute atomic E-state index is 11.3. The fourth-order valence-corrected chi connectivity index (χ4v) is 3.44. The van der Waals surface area contributed by atoms with Crippen molar-refractivity contribution < 1.29 is 9.90 Å². The van der Waals surface area contributed by atoms with E-state index in [-0.39, 0.29) is 5.92 Å². The van der Waals surface area contributed by atoms with Crippen molar-refractivity contribution in [2.75, 3.05) is 6.54 Å². The molecule has 1 heterocycles. The van der Waals surface area contributed by atoms with E-state index in [1.54, 1.807) is 0 Å². The number of hydrogen-bond donors (Lipinski definition) is 2. The van der Waals surface area contributed by atoms with Crippen molar-refractivity contribution in [1.82, 2.24) is 10.3 Å². The van der Waals surface area contributed by atoms with Gasteiger partial charge in [0, 0.05) is 25.0 Å². The van der Waals surface area contributed by atoms with E-state index < -0.39 is 5.97 Å². The molecule has 1 aromatic rings. The van der Waals surface area contributed by atoms with E-state index >= 15 is 0 Å². The standard InChI is InChI=1S/C18H28N2O2/c1-13(2)9-16(18(21)22)12-20-17-7-3-5-14(10-17)15-6-4-8-19-11-15/h4,6,8,11,13-14,16-17,20H,3,5,7,9-10,12H2,1-2H3,(H,21,22). The maximum atomic E-state index is 11.3. The van der Waals surface area contributed by atoms with Gasteiger partial charge in [0.05, 0.1) is 5.92 Å². The molecule has 1 saturated carbocycles. The number of aliphatic carboxylic acids is 1. The first-order valence-electron chi connectivity index (χ1n) is 8.42. The minimum atomic E-state index is -0.680. The lowest BCUT2D eigenvalue weighted by Crippen LogP contribution is -2.39. The molecule has 0 amide bonds. The summed E-state index contributed by atoms with van der Waals surface area (Å²) in [7, 11) is 0. The van der Waals surface area contributed by atoms with Crippen LogP contribution >= 0.6 is 0 Å². The first-order valence-corrected chi connectivity index (χ1v) is 8.42. The summed E-state index contributed by atoms with van der Waals surface area (Å²) in [6.07, 6.45) is 9.14. The van der Waals surface area contributed by atoms with Gasteiger partial charge in [-0.15, -0.1) is 0 Å². The fraction of sp³-hybridized carbons (Fsp3) is 0.667. The van der Waals surface area contributed by atoms with Gasteiger partial charge < -0.3 is 10.4 Å². The van der Waals surface area contributed by atoms with Gasteiger partial charge in [-0.05, 0) is 49.1 Å². The van der Waals surface area contributed by atoms with Gasteiger partial charge in [0.15, 0.2) is 0 Å². The van der Waals surface area contributed by atoms with Crippen LogP contribution in [0.15, 0.2) is 24.5 Å². The zero-order valence-electron chi connectivity index (χ0n) is 13.7. The largest absolute Gasteiger partial charge is 0.481 e. The lowest BCUT2D eigenvalue weighted by Gasteiger charge is -2.31. The van der Waals surface area contributed by atoms with Gasteiger partial charge in [-0.3, -0.25) is 9.78 Å². The Kier molecular flexibility index (Phi) is 6.37. The molecular weight excluding hydrogens is 276 g/mol. The minimum Gasteiger partial charge on any atom is -0.481 e. The maximum Gasteiger partial charge on any atom is 0.307 e. The average molecular weight is 304 g/mol. The van der Waals surface area contributed by atoms with Gasteiger partial charge in [-0.1, -0.05) is 26.3 Å². The lowest BCUT2D eigenvalue weighted by molar-refractivity contribution is -0.142. The molecule has 3 unspecified atom stereocenters. The number of nitrogens with one attached hydrogen (secondary N) is 1. The van der Waals surface area contributed by atoms with Crippen molar-refractivity contribution in [2.45, 2.75) is 57.9 Å². The molecule has 0 aliphatic heterocycles. The molecule has 3 atom stereocenters. The van der Waals surface area contributed by atoms with Gasteiger partial charge >= 0.3 is 5.97 Å². The van der Waals surface area contributed by atoms with E-state index in [1.807, 2.05) is 18.5 Å². The second-order valence-electron chi connectivity index (χ2n) is 6.92. The van der Waals surface area contributed by atoms with Crippen LogP contribution in [0.3, 0.4) is 0 Å². The van der Waals surface area contributed by atoms with Gasteiger partial charge in [0.1, 0.15) is 0 Å². The first kappa shape index (κ1) is 16.9. The van der Waals surface area contributed by atoms with Crippen LogP contribution in [-0.2, 0) is 4.79 Å². The number of carbonyl (C=O) groups is 1. The highest BCUT2D eigenvalue weighted by molar-refractivity contribution is 5.70. The second kappa shape index (κ2) is 8.28. The number of rotatable bonds is 7. The van der Waals surface area contributed by atoms with E-state index in [0.29, 0.717) is 24.4 Å². The summed E-state index contributed by atoms with van der Waals surface area (Å²) < 4.78 is 0. The van der Waals surface area contributed by atoms with Gasteiger partial charge in [0.25, 0.3) is 0 Å².